The Morgan fingerprint density at radius 2 is 2.17 bits per heavy atom. The Bertz CT molecular complexity index is 265. The Morgan fingerprint density at radius 1 is 1.33 bits per heavy atom. The zero-order valence-electron chi connectivity index (χ0n) is 7.60. The van der Waals surface area contributed by atoms with Crippen LogP contribution in [0.2, 0.25) is 0 Å². The monoisotopic (exact) mass is 229 g/mol. The van der Waals surface area contributed by atoms with Crippen molar-refractivity contribution >= 4 is 14.7 Å². The molecule has 0 atom stereocenters. The Kier molecular flexibility index (Phi) is 2.67. The topological polar surface area (TPSA) is 12.9 Å². The fourth-order valence-electron chi connectivity index (χ4n) is 1.88. The Labute approximate surface area is 80.2 Å². The number of hydrogen-bond donors (Lipinski definition) is 0. The molecule has 1 heterocycles. The van der Waals surface area contributed by atoms with Crippen molar-refractivity contribution in [3.05, 3.63) is 15.7 Å². The van der Waals surface area contributed by atoms with E-state index >= 15 is 0 Å². The van der Waals surface area contributed by atoms with Crippen molar-refractivity contribution in [1.29, 1.82) is 0 Å². The van der Waals surface area contributed by atoms with Gasteiger partial charge in [-0.3, -0.25) is 0 Å². The second-order valence-corrected chi connectivity index (χ2v) is 5.29. The van der Waals surface area contributed by atoms with Crippen LogP contribution in [0.1, 0.15) is 41.9 Å². The van der Waals surface area contributed by atoms with Crippen LogP contribution in [0.25, 0.3) is 0 Å². The summed E-state index contributed by atoms with van der Waals surface area (Å²) in [4.78, 5) is 0. The van der Waals surface area contributed by atoms with E-state index in [1.165, 1.54) is 44.2 Å². The molecule has 1 aromatic rings. The molecule has 0 saturated heterocycles. The van der Waals surface area contributed by atoms with Gasteiger partial charge >= 0.3 is 79.9 Å². The first kappa shape index (κ1) is 8.52. The zero-order chi connectivity index (χ0) is 8.39. The summed E-state index contributed by atoms with van der Waals surface area (Å²) in [6, 6.07) is 0. The molecule has 0 amide bonds. The predicted molar refractivity (Wildman–Crippen MR) is 51.8 cm³/mol. The van der Waals surface area contributed by atoms with Gasteiger partial charge in [0.15, 0.2) is 0 Å². The van der Waals surface area contributed by atoms with E-state index in [-0.39, 0.29) is 0 Å². The van der Waals surface area contributed by atoms with Gasteiger partial charge in [0, 0.05) is 0 Å². The van der Waals surface area contributed by atoms with Gasteiger partial charge in [-0.2, -0.15) is 0 Å². The second-order valence-electron chi connectivity index (χ2n) is 3.49. The minimum absolute atomic E-state index is 0.500. The third-order valence-electron chi connectivity index (χ3n) is 2.52. The molecule has 1 aliphatic rings. The van der Waals surface area contributed by atoms with Gasteiger partial charge in [-0.05, 0) is 0 Å². The van der Waals surface area contributed by atoms with E-state index in [0.29, 0.717) is 14.7 Å². The SMILES string of the molecule is CCCc1n[se]c2c1CCCC2. The Morgan fingerprint density at radius 3 is 3.00 bits per heavy atom. The van der Waals surface area contributed by atoms with Gasteiger partial charge in [0.05, 0.1) is 0 Å². The van der Waals surface area contributed by atoms with Crippen molar-refractivity contribution in [2.45, 2.75) is 45.4 Å². The second kappa shape index (κ2) is 3.76. The van der Waals surface area contributed by atoms with Crippen LogP contribution in [0.3, 0.4) is 0 Å². The summed E-state index contributed by atoms with van der Waals surface area (Å²) >= 11 is 0.500. The molecule has 0 N–H and O–H groups in total. The predicted octanol–water partition coefficient (Wildman–Crippen LogP) is 1.97. The van der Waals surface area contributed by atoms with Crippen molar-refractivity contribution in [2.75, 3.05) is 0 Å². The average molecular weight is 228 g/mol. The van der Waals surface area contributed by atoms with Crippen LogP contribution < -0.4 is 0 Å². The van der Waals surface area contributed by atoms with Crippen molar-refractivity contribution in [3.8, 4) is 0 Å². The number of aryl methyl sites for hydroxylation is 2. The molecule has 1 aliphatic carbocycles. The van der Waals surface area contributed by atoms with Gasteiger partial charge in [0.1, 0.15) is 0 Å². The minimum atomic E-state index is 0.500. The van der Waals surface area contributed by atoms with Crippen LogP contribution in [-0.4, -0.2) is 18.7 Å². The molecule has 0 saturated carbocycles. The third kappa shape index (κ3) is 1.51. The first-order valence-electron chi connectivity index (χ1n) is 4.88. The molecular formula is C10H15NSe. The zero-order valence-corrected chi connectivity index (χ0v) is 9.31. The molecule has 1 nitrogen and oxygen atoms in total. The summed E-state index contributed by atoms with van der Waals surface area (Å²) in [6.07, 6.45) is 7.97. The van der Waals surface area contributed by atoms with Gasteiger partial charge in [0.2, 0.25) is 0 Å². The van der Waals surface area contributed by atoms with E-state index in [4.69, 9.17) is 0 Å². The van der Waals surface area contributed by atoms with E-state index < -0.39 is 0 Å². The van der Waals surface area contributed by atoms with E-state index in [0.717, 1.165) is 0 Å². The van der Waals surface area contributed by atoms with Gasteiger partial charge in [-0.1, -0.05) is 0 Å². The maximum absolute atomic E-state index is 4.68. The average Bonchev–Trinajstić information content (AvgIpc) is 2.50. The van der Waals surface area contributed by atoms with E-state index in [9.17, 15) is 0 Å². The van der Waals surface area contributed by atoms with Crippen LogP contribution >= 0.6 is 0 Å². The third-order valence-corrected chi connectivity index (χ3v) is 4.58. The molecule has 0 aromatic carbocycles. The Balaban J connectivity index is 2.25. The van der Waals surface area contributed by atoms with Crippen molar-refractivity contribution in [1.82, 2.24) is 3.98 Å². The fourth-order valence-corrected chi connectivity index (χ4v) is 3.95. The molecule has 2 rings (SSSR count). The van der Waals surface area contributed by atoms with Crippen molar-refractivity contribution in [3.63, 3.8) is 0 Å². The number of nitrogens with zero attached hydrogens (tertiary/aromatic N) is 1. The molecule has 0 aliphatic heterocycles. The summed E-state index contributed by atoms with van der Waals surface area (Å²) in [5, 5.41) is 0. The van der Waals surface area contributed by atoms with Crippen molar-refractivity contribution in [2.24, 2.45) is 0 Å². The molecular weight excluding hydrogens is 213 g/mol. The Hall–Kier alpha value is -0.0705. The van der Waals surface area contributed by atoms with E-state index in [1.54, 1.807) is 10.0 Å². The van der Waals surface area contributed by atoms with Crippen LogP contribution in [0.5, 0.6) is 0 Å². The first-order chi connectivity index (χ1) is 5.92. The molecule has 0 radical (unpaired) electrons. The molecule has 2 heteroatoms. The summed E-state index contributed by atoms with van der Waals surface area (Å²) < 4.78 is 6.39. The van der Waals surface area contributed by atoms with Gasteiger partial charge in [-0.25, -0.2) is 0 Å². The van der Waals surface area contributed by atoms with Crippen LogP contribution in [0, 0.1) is 0 Å². The molecule has 1 aromatic heterocycles. The van der Waals surface area contributed by atoms with Crippen LogP contribution in [0.4, 0.5) is 0 Å². The number of fused-ring (bicyclic) bond motifs is 1. The molecule has 0 unspecified atom stereocenters. The van der Waals surface area contributed by atoms with Gasteiger partial charge in [-0.15, -0.1) is 0 Å². The first-order valence-corrected chi connectivity index (χ1v) is 6.50. The summed E-state index contributed by atoms with van der Waals surface area (Å²) in [6.45, 7) is 2.25. The molecule has 12 heavy (non-hydrogen) atoms. The van der Waals surface area contributed by atoms with Gasteiger partial charge in [0.25, 0.3) is 0 Å². The van der Waals surface area contributed by atoms with Gasteiger partial charge < -0.3 is 0 Å². The summed E-state index contributed by atoms with van der Waals surface area (Å²) in [5.74, 6) is 0. The molecule has 0 fully saturated rings. The van der Waals surface area contributed by atoms with Crippen LogP contribution in [0.15, 0.2) is 0 Å². The summed E-state index contributed by atoms with van der Waals surface area (Å²) in [7, 11) is 0. The fraction of sp³-hybridized carbons (Fsp3) is 0.700. The quantitative estimate of drug-likeness (QED) is 0.705. The number of hydrogen-bond acceptors (Lipinski definition) is 1. The number of aromatic nitrogens is 1. The normalized spacial score (nSPS) is 16.1. The van der Waals surface area contributed by atoms with Crippen LogP contribution in [-0.2, 0) is 19.3 Å². The molecule has 0 spiro atoms. The van der Waals surface area contributed by atoms with Crippen molar-refractivity contribution < 1.29 is 0 Å². The van der Waals surface area contributed by atoms with E-state index in [2.05, 4.69) is 10.9 Å². The summed E-state index contributed by atoms with van der Waals surface area (Å²) in [5.41, 5.74) is 3.13. The standard InChI is InChI=1S/C10H15NSe/c1-2-5-9-8-6-3-4-7-10(8)12-11-9/h2-7H2,1H3. The van der Waals surface area contributed by atoms with E-state index in [1.807, 2.05) is 0 Å². The molecule has 0 bridgehead atoms. The maximum atomic E-state index is 4.68. The number of rotatable bonds is 2. The molecule has 66 valence electrons.